The second-order valence-electron chi connectivity index (χ2n) is 5.12. The van der Waals surface area contributed by atoms with Crippen molar-refractivity contribution >= 4 is 29.9 Å². The zero-order valence-electron chi connectivity index (χ0n) is 13.8. The van der Waals surface area contributed by atoms with E-state index in [1.54, 1.807) is 11.7 Å². The molecule has 9 heteroatoms. The molecular formula is C15H21F2IN6. The van der Waals surface area contributed by atoms with Crippen LogP contribution in [0.15, 0.2) is 29.5 Å². The Kier molecular flexibility index (Phi) is 8.02. The van der Waals surface area contributed by atoms with Crippen molar-refractivity contribution in [3.8, 4) is 0 Å². The van der Waals surface area contributed by atoms with E-state index in [4.69, 9.17) is 0 Å². The van der Waals surface area contributed by atoms with Gasteiger partial charge in [0.15, 0.2) is 5.96 Å². The number of aliphatic imine (C=N–C) groups is 1. The fraction of sp³-hybridized carbons (Fsp3) is 0.400. The quantitative estimate of drug-likeness (QED) is 0.430. The van der Waals surface area contributed by atoms with Gasteiger partial charge >= 0.3 is 0 Å². The second-order valence-corrected chi connectivity index (χ2v) is 5.12. The number of aryl methyl sites for hydroxylation is 1. The lowest BCUT2D eigenvalue weighted by molar-refractivity contribution is 0.448. The summed E-state index contributed by atoms with van der Waals surface area (Å²) in [6.07, 6.45) is 1.93. The monoisotopic (exact) mass is 450 g/mol. The Labute approximate surface area is 157 Å². The van der Waals surface area contributed by atoms with Crippen LogP contribution in [0.5, 0.6) is 0 Å². The van der Waals surface area contributed by atoms with E-state index in [0.29, 0.717) is 31.0 Å². The van der Waals surface area contributed by atoms with Crippen molar-refractivity contribution in [2.24, 2.45) is 12.0 Å². The van der Waals surface area contributed by atoms with Crippen LogP contribution in [0.2, 0.25) is 0 Å². The van der Waals surface area contributed by atoms with E-state index in [-0.39, 0.29) is 24.0 Å². The summed E-state index contributed by atoms with van der Waals surface area (Å²) in [5.41, 5.74) is 0.463. The van der Waals surface area contributed by atoms with Gasteiger partial charge in [-0.05, 0) is 18.1 Å². The number of hydrogen-bond donors (Lipinski definition) is 1. The minimum Gasteiger partial charge on any atom is -0.356 e. The van der Waals surface area contributed by atoms with Crippen LogP contribution in [0.1, 0.15) is 11.4 Å². The summed E-state index contributed by atoms with van der Waals surface area (Å²) in [6, 6.07) is 3.61. The number of nitrogens with zero attached hydrogens (tertiary/aromatic N) is 5. The third-order valence-electron chi connectivity index (χ3n) is 3.45. The maximum atomic E-state index is 13.6. The molecule has 1 N–H and O–H groups in total. The van der Waals surface area contributed by atoms with Crippen LogP contribution >= 0.6 is 24.0 Å². The van der Waals surface area contributed by atoms with Gasteiger partial charge in [-0.25, -0.2) is 13.8 Å². The highest BCUT2D eigenvalue weighted by Crippen LogP contribution is 2.09. The molecule has 0 spiro atoms. The first-order valence-electron chi connectivity index (χ1n) is 7.20. The summed E-state index contributed by atoms with van der Waals surface area (Å²) < 4.78 is 28.2. The maximum absolute atomic E-state index is 13.6. The Balaban J connectivity index is 0.00000288. The van der Waals surface area contributed by atoms with Crippen molar-refractivity contribution in [1.82, 2.24) is 25.0 Å². The molecule has 0 saturated heterocycles. The molecule has 0 fully saturated rings. The third-order valence-corrected chi connectivity index (χ3v) is 3.45. The molecule has 0 atom stereocenters. The standard InChI is InChI=1S/C15H20F2N6.HI/c1-18-15(22(2)9-14-20-10-21-23(14)3)19-7-6-11-4-5-12(16)8-13(11)17;/h4-5,8,10H,6-7,9H2,1-3H3,(H,18,19);1H. The number of aromatic nitrogens is 3. The SMILES string of the molecule is CN=C(NCCc1ccc(F)cc1F)N(C)Cc1ncnn1C.I. The first-order valence-corrected chi connectivity index (χ1v) is 7.20. The minimum atomic E-state index is -0.571. The average molecular weight is 450 g/mol. The topological polar surface area (TPSA) is 58.3 Å². The number of halogens is 3. The number of nitrogens with one attached hydrogen (secondary N) is 1. The van der Waals surface area contributed by atoms with Gasteiger partial charge in [-0.1, -0.05) is 6.07 Å². The molecule has 2 rings (SSSR count). The van der Waals surface area contributed by atoms with Gasteiger partial charge in [0.05, 0.1) is 6.54 Å². The number of rotatable bonds is 5. The third kappa shape index (κ3) is 5.39. The van der Waals surface area contributed by atoms with Crippen molar-refractivity contribution in [2.75, 3.05) is 20.6 Å². The first-order chi connectivity index (χ1) is 11.0. The molecule has 0 unspecified atom stereocenters. The van der Waals surface area contributed by atoms with Gasteiger partial charge in [-0.3, -0.25) is 9.67 Å². The molecule has 0 bridgehead atoms. The Morgan fingerprint density at radius 1 is 1.38 bits per heavy atom. The van der Waals surface area contributed by atoms with Crippen molar-refractivity contribution in [3.63, 3.8) is 0 Å². The highest BCUT2D eigenvalue weighted by atomic mass is 127. The first kappa shape index (κ1) is 20.3. The van der Waals surface area contributed by atoms with Crippen molar-refractivity contribution in [3.05, 3.63) is 47.5 Å². The normalized spacial score (nSPS) is 11.1. The number of hydrogen-bond acceptors (Lipinski definition) is 3. The van der Waals surface area contributed by atoms with Crippen molar-refractivity contribution in [1.29, 1.82) is 0 Å². The van der Waals surface area contributed by atoms with Crippen LogP contribution < -0.4 is 5.32 Å². The number of benzene rings is 1. The zero-order valence-corrected chi connectivity index (χ0v) is 16.2. The van der Waals surface area contributed by atoms with Gasteiger partial charge < -0.3 is 10.2 Å². The Morgan fingerprint density at radius 2 is 2.12 bits per heavy atom. The van der Waals surface area contributed by atoms with E-state index in [1.807, 2.05) is 19.0 Å². The van der Waals surface area contributed by atoms with Crippen LogP contribution in [0.4, 0.5) is 8.78 Å². The van der Waals surface area contributed by atoms with Crippen LogP contribution in [0, 0.1) is 11.6 Å². The van der Waals surface area contributed by atoms with Gasteiger partial charge in [0.25, 0.3) is 0 Å². The predicted octanol–water partition coefficient (Wildman–Crippen LogP) is 1.96. The molecule has 6 nitrogen and oxygen atoms in total. The lowest BCUT2D eigenvalue weighted by Gasteiger charge is -2.21. The Bertz CT molecular complexity index is 688. The zero-order chi connectivity index (χ0) is 16.8. The van der Waals surface area contributed by atoms with Gasteiger partial charge in [0.1, 0.15) is 23.8 Å². The Hall–Kier alpha value is -1.78. The van der Waals surface area contributed by atoms with E-state index in [0.717, 1.165) is 11.9 Å². The van der Waals surface area contributed by atoms with E-state index >= 15 is 0 Å². The second kappa shape index (κ2) is 9.50. The fourth-order valence-electron chi connectivity index (χ4n) is 2.17. The summed E-state index contributed by atoms with van der Waals surface area (Å²) in [6.45, 7) is 1.03. The minimum absolute atomic E-state index is 0. The van der Waals surface area contributed by atoms with Gasteiger partial charge in [-0.15, -0.1) is 24.0 Å². The van der Waals surface area contributed by atoms with E-state index in [9.17, 15) is 8.78 Å². The average Bonchev–Trinajstić information content (AvgIpc) is 2.90. The molecule has 1 heterocycles. The van der Waals surface area contributed by atoms with Crippen molar-refractivity contribution < 1.29 is 8.78 Å². The van der Waals surface area contributed by atoms with E-state index < -0.39 is 11.6 Å². The molecule has 0 aliphatic carbocycles. The molecule has 2 aromatic rings. The lowest BCUT2D eigenvalue weighted by Crippen LogP contribution is -2.39. The van der Waals surface area contributed by atoms with Crippen LogP contribution in [-0.2, 0) is 20.0 Å². The molecule has 0 radical (unpaired) electrons. The highest BCUT2D eigenvalue weighted by Gasteiger charge is 2.10. The lowest BCUT2D eigenvalue weighted by atomic mass is 10.1. The number of guanidine groups is 1. The molecule has 0 saturated carbocycles. The van der Waals surface area contributed by atoms with Crippen LogP contribution in [0.25, 0.3) is 0 Å². The fourth-order valence-corrected chi connectivity index (χ4v) is 2.17. The predicted molar refractivity (Wildman–Crippen MR) is 99.3 cm³/mol. The summed E-state index contributed by atoms with van der Waals surface area (Å²) in [7, 11) is 5.38. The van der Waals surface area contributed by atoms with Crippen LogP contribution in [-0.4, -0.2) is 46.3 Å². The van der Waals surface area contributed by atoms with Gasteiger partial charge in [0, 0.05) is 33.8 Å². The molecular weight excluding hydrogens is 429 g/mol. The summed E-state index contributed by atoms with van der Waals surface area (Å²) in [4.78, 5) is 10.2. The van der Waals surface area contributed by atoms with Crippen LogP contribution in [0.3, 0.4) is 0 Å². The molecule has 1 aromatic carbocycles. The Morgan fingerprint density at radius 3 is 2.71 bits per heavy atom. The molecule has 0 aliphatic heterocycles. The maximum Gasteiger partial charge on any atom is 0.193 e. The molecule has 24 heavy (non-hydrogen) atoms. The smallest absolute Gasteiger partial charge is 0.193 e. The van der Waals surface area contributed by atoms with Gasteiger partial charge in [-0.2, -0.15) is 5.10 Å². The molecule has 0 aliphatic rings. The summed E-state index contributed by atoms with van der Waals surface area (Å²) in [5, 5.41) is 7.17. The van der Waals surface area contributed by atoms with E-state index in [2.05, 4.69) is 20.4 Å². The largest absolute Gasteiger partial charge is 0.356 e. The molecule has 0 amide bonds. The highest BCUT2D eigenvalue weighted by molar-refractivity contribution is 14.0. The summed E-state index contributed by atoms with van der Waals surface area (Å²) >= 11 is 0. The van der Waals surface area contributed by atoms with Crippen molar-refractivity contribution in [2.45, 2.75) is 13.0 Å². The molecule has 1 aromatic heterocycles. The molecule has 132 valence electrons. The van der Waals surface area contributed by atoms with E-state index in [1.165, 1.54) is 18.5 Å². The summed E-state index contributed by atoms with van der Waals surface area (Å²) in [5.74, 6) is 0.364. The van der Waals surface area contributed by atoms with Gasteiger partial charge in [0.2, 0.25) is 0 Å².